The van der Waals surface area contributed by atoms with Gasteiger partial charge in [-0.15, -0.1) is 0 Å². The number of carbonyl (C=O) groups is 1. The number of carbonyl (C=O) groups excluding carboxylic acids is 1. The molecule has 3 rings (SSSR count). The Labute approximate surface area is 134 Å². The minimum absolute atomic E-state index is 0.207. The summed E-state index contributed by atoms with van der Waals surface area (Å²) >= 11 is 0. The van der Waals surface area contributed by atoms with Gasteiger partial charge in [-0.3, -0.25) is 4.79 Å². The van der Waals surface area contributed by atoms with Gasteiger partial charge < -0.3 is 16.0 Å². The van der Waals surface area contributed by atoms with Crippen molar-refractivity contribution in [2.45, 2.75) is 39.2 Å². The fourth-order valence-electron chi connectivity index (χ4n) is 3.49. The molecule has 4 nitrogen and oxygen atoms in total. The summed E-state index contributed by atoms with van der Waals surface area (Å²) in [6.07, 6.45) is 4.86. The number of hydrogen-bond acceptors (Lipinski definition) is 2. The highest BCUT2D eigenvalue weighted by Gasteiger charge is 2.24. The van der Waals surface area contributed by atoms with Crippen LogP contribution in [0.1, 0.15) is 46.4 Å². The maximum absolute atomic E-state index is 14.9. The van der Waals surface area contributed by atoms with Crippen LogP contribution >= 0.6 is 0 Å². The number of fused-ring (bicyclic) bond motifs is 1. The van der Waals surface area contributed by atoms with Crippen molar-refractivity contribution in [3.05, 3.63) is 40.3 Å². The predicted octanol–water partition coefficient (Wildman–Crippen LogP) is 3.18. The van der Waals surface area contributed by atoms with Gasteiger partial charge in [0.2, 0.25) is 0 Å². The highest BCUT2D eigenvalue weighted by atomic mass is 19.1. The first kappa shape index (κ1) is 15.7. The van der Waals surface area contributed by atoms with E-state index in [0.29, 0.717) is 17.1 Å². The Morgan fingerprint density at radius 2 is 2.17 bits per heavy atom. The zero-order valence-electron chi connectivity index (χ0n) is 13.7. The Bertz CT molecular complexity index is 820. The summed E-state index contributed by atoms with van der Waals surface area (Å²) in [5.41, 5.74) is 9.76. The van der Waals surface area contributed by atoms with E-state index < -0.39 is 5.91 Å². The Kier molecular flexibility index (Phi) is 3.98. The molecule has 1 atom stereocenters. The fraction of sp³-hybridized carbons (Fsp3) is 0.389. The summed E-state index contributed by atoms with van der Waals surface area (Å²) < 4.78 is 14.9. The number of halogens is 1. The van der Waals surface area contributed by atoms with E-state index in [-0.39, 0.29) is 11.4 Å². The summed E-state index contributed by atoms with van der Waals surface area (Å²) in [4.78, 5) is 14.9. The number of H-pyrrole nitrogens is 1. The van der Waals surface area contributed by atoms with E-state index >= 15 is 0 Å². The van der Waals surface area contributed by atoms with E-state index in [2.05, 4.69) is 16.4 Å². The van der Waals surface area contributed by atoms with Crippen LogP contribution < -0.4 is 11.1 Å². The predicted molar refractivity (Wildman–Crippen MR) is 90.9 cm³/mol. The molecule has 5 heteroatoms. The van der Waals surface area contributed by atoms with Crippen molar-refractivity contribution >= 4 is 22.4 Å². The van der Waals surface area contributed by atoms with Crippen LogP contribution in [0, 0.1) is 19.7 Å². The van der Waals surface area contributed by atoms with Crippen LogP contribution in [0.4, 0.5) is 4.39 Å². The first-order valence-electron chi connectivity index (χ1n) is 7.91. The zero-order valence-corrected chi connectivity index (χ0v) is 13.7. The monoisotopic (exact) mass is 315 g/mol. The topological polar surface area (TPSA) is 70.9 Å². The third-order valence-corrected chi connectivity index (χ3v) is 4.90. The van der Waals surface area contributed by atoms with Crippen molar-refractivity contribution in [2.24, 2.45) is 5.73 Å². The molecule has 122 valence electrons. The summed E-state index contributed by atoms with van der Waals surface area (Å²) in [5.74, 6) is -0.996. The molecule has 1 heterocycles. The highest BCUT2D eigenvalue weighted by Crippen LogP contribution is 2.37. The number of nitrogens with one attached hydrogen (secondary N) is 2. The van der Waals surface area contributed by atoms with E-state index in [1.165, 1.54) is 6.07 Å². The average molecular weight is 315 g/mol. The second kappa shape index (κ2) is 5.81. The second-order valence-electron chi connectivity index (χ2n) is 6.27. The molecule has 23 heavy (non-hydrogen) atoms. The van der Waals surface area contributed by atoms with Gasteiger partial charge in [0.05, 0.1) is 11.1 Å². The molecular formula is C18H22FN3O. The first-order valence-corrected chi connectivity index (χ1v) is 7.91. The van der Waals surface area contributed by atoms with Gasteiger partial charge in [-0.2, -0.15) is 0 Å². The number of allylic oxidation sites excluding steroid dienone is 1. The number of benzene rings is 1. The van der Waals surface area contributed by atoms with Gasteiger partial charge in [-0.25, -0.2) is 4.39 Å². The van der Waals surface area contributed by atoms with E-state index in [0.717, 1.165) is 41.5 Å². The van der Waals surface area contributed by atoms with Crippen LogP contribution in [0.2, 0.25) is 0 Å². The number of primary amides is 1. The molecule has 0 bridgehead atoms. The number of hydrogen-bond donors (Lipinski definition) is 3. The van der Waals surface area contributed by atoms with E-state index in [9.17, 15) is 9.18 Å². The molecule has 0 aliphatic heterocycles. The number of aryl methyl sites for hydroxylation is 2. The lowest BCUT2D eigenvalue weighted by Gasteiger charge is -2.23. The first-order chi connectivity index (χ1) is 10.9. The minimum Gasteiger partial charge on any atom is -0.366 e. The molecule has 0 saturated heterocycles. The van der Waals surface area contributed by atoms with E-state index in [4.69, 9.17) is 5.73 Å². The second-order valence-corrected chi connectivity index (χ2v) is 6.27. The van der Waals surface area contributed by atoms with Crippen molar-refractivity contribution in [1.29, 1.82) is 0 Å². The van der Waals surface area contributed by atoms with Crippen LogP contribution in [0.5, 0.6) is 0 Å². The third-order valence-electron chi connectivity index (χ3n) is 4.90. The lowest BCUT2D eigenvalue weighted by molar-refractivity contribution is 0.100. The van der Waals surface area contributed by atoms with Crippen molar-refractivity contribution in [3.8, 4) is 0 Å². The van der Waals surface area contributed by atoms with Gasteiger partial charge in [-0.1, -0.05) is 6.08 Å². The van der Waals surface area contributed by atoms with Gasteiger partial charge in [0.25, 0.3) is 5.91 Å². The molecule has 4 N–H and O–H groups in total. The van der Waals surface area contributed by atoms with Gasteiger partial charge >= 0.3 is 0 Å². The van der Waals surface area contributed by atoms with Crippen LogP contribution in [0.25, 0.3) is 16.5 Å². The molecule has 1 unspecified atom stereocenters. The molecule has 1 amide bonds. The SMILES string of the molecule is CNC1CCC=C(c2c(F)cc(C(N)=O)c3[nH]c(C)c(C)c23)C1. The lowest BCUT2D eigenvalue weighted by Crippen LogP contribution is -2.27. The minimum atomic E-state index is -0.618. The van der Waals surface area contributed by atoms with Crippen LogP contribution in [0.15, 0.2) is 12.1 Å². The molecule has 1 aliphatic carbocycles. The fourth-order valence-corrected chi connectivity index (χ4v) is 3.49. The molecule has 2 aromatic rings. The Morgan fingerprint density at radius 1 is 1.43 bits per heavy atom. The smallest absolute Gasteiger partial charge is 0.250 e. The summed E-state index contributed by atoms with van der Waals surface area (Å²) in [6, 6.07) is 1.61. The van der Waals surface area contributed by atoms with Crippen molar-refractivity contribution in [3.63, 3.8) is 0 Å². The maximum Gasteiger partial charge on any atom is 0.250 e. The van der Waals surface area contributed by atoms with E-state index in [1.54, 1.807) is 0 Å². The summed E-state index contributed by atoms with van der Waals surface area (Å²) in [6.45, 7) is 3.87. The van der Waals surface area contributed by atoms with Crippen molar-refractivity contribution in [2.75, 3.05) is 7.05 Å². The van der Waals surface area contributed by atoms with Crippen LogP contribution in [-0.2, 0) is 0 Å². The zero-order chi connectivity index (χ0) is 16.7. The largest absolute Gasteiger partial charge is 0.366 e. The number of amides is 1. The van der Waals surface area contributed by atoms with Gasteiger partial charge in [-0.05, 0) is 57.4 Å². The lowest BCUT2D eigenvalue weighted by atomic mass is 9.87. The van der Waals surface area contributed by atoms with Crippen LogP contribution in [-0.4, -0.2) is 24.0 Å². The summed E-state index contributed by atoms with van der Waals surface area (Å²) in [7, 11) is 1.93. The van der Waals surface area contributed by atoms with Crippen LogP contribution in [0.3, 0.4) is 0 Å². The van der Waals surface area contributed by atoms with Crippen molar-refractivity contribution in [1.82, 2.24) is 10.3 Å². The highest BCUT2D eigenvalue weighted by molar-refractivity contribution is 6.09. The number of nitrogens with two attached hydrogens (primary N) is 1. The summed E-state index contributed by atoms with van der Waals surface area (Å²) in [5, 5.41) is 4.05. The molecule has 0 spiro atoms. The normalized spacial score (nSPS) is 18.3. The maximum atomic E-state index is 14.9. The molecule has 0 saturated carbocycles. The van der Waals surface area contributed by atoms with Gasteiger partial charge in [0.1, 0.15) is 5.82 Å². The molecule has 1 aromatic carbocycles. The molecular weight excluding hydrogens is 293 g/mol. The molecule has 1 aliphatic rings. The number of aromatic nitrogens is 1. The number of rotatable bonds is 3. The quantitative estimate of drug-likeness (QED) is 0.814. The Morgan fingerprint density at radius 3 is 2.83 bits per heavy atom. The standard InChI is InChI=1S/C18H22FN3O/c1-9-10(2)22-17-13(18(20)23)8-14(19)16(15(9)17)11-5-4-6-12(7-11)21-3/h5,8,12,21-22H,4,6-7H2,1-3H3,(H2,20,23). The molecule has 0 fully saturated rings. The van der Waals surface area contributed by atoms with Crippen molar-refractivity contribution < 1.29 is 9.18 Å². The van der Waals surface area contributed by atoms with Gasteiger partial charge in [0.15, 0.2) is 0 Å². The molecule has 1 aromatic heterocycles. The number of aromatic amines is 1. The third kappa shape index (κ3) is 2.55. The van der Waals surface area contributed by atoms with Gasteiger partial charge in [0, 0.05) is 22.7 Å². The average Bonchev–Trinajstić information content (AvgIpc) is 2.82. The Balaban J connectivity index is 2.29. The van der Waals surface area contributed by atoms with E-state index in [1.807, 2.05) is 20.9 Å². The molecule has 0 radical (unpaired) electrons. The Hall–Kier alpha value is -2.14.